The van der Waals surface area contributed by atoms with E-state index in [9.17, 15) is 9.59 Å². The van der Waals surface area contributed by atoms with E-state index < -0.39 is 5.54 Å². The molecule has 5 heteroatoms. The van der Waals surface area contributed by atoms with Gasteiger partial charge in [0.2, 0.25) is 5.91 Å². The van der Waals surface area contributed by atoms with Crippen LogP contribution in [0.4, 0.5) is 0 Å². The highest BCUT2D eigenvalue weighted by Gasteiger charge is 2.47. The van der Waals surface area contributed by atoms with Crippen LogP contribution in [0.5, 0.6) is 0 Å². The van der Waals surface area contributed by atoms with Crippen molar-refractivity contribution >= 4 is 17.8 Å². The number of hydrogen-bond donors (Lipinski definition) is 0. The summed E-state index contributed by atoms with van der Waals surface area (Å²) in [6.45, 7) is 3.08. The quantitative estimate of drug-likeness (QED) is 0.688. The minimum absolute atomic E-state index is 0.123. The van der Waals surface area contributed by atoms with Gasteiger partial charge in [-0.1, -0.05) is 19.3 Å². The standard InChI is InChI=1S/C15H22N2O3/c1-11(18)17-9-5-12(6-10-17)13-16-15(14(19)20-13)7-3-2-4-8-15/h12H,2-10H2,1H3. The summed E-state index contributed by atoms with van der Waals surface area (Å²) < 4.78 is 5.50. The first-order valence-corrected chi connectivity index (χ1v) is 7.68. The van der Waals surface area contributed by atoms with Gasteiger partial charge in [-0.25, -0.2) is 9.79 Å². The predicted octanol–water partition coefficient (Wildman–Crippen LogP) is 1.90. The number of piperidine rings is 1. The highest BCUT2D eigenvalue weighted by molar-refractivity contribution is 6.01. The number of carbonyl (C=O) groups is 2. The smallest absolute Gasteiger partial charge is 0.340 e. The van der Waals surface area contributed by atoms with Gasteiger partial charge in [-0.2, -0.15) is 0 Å². The van der Waals surface area contributed by atoms with Crippen molar-refractivity contribution in [3.8, 4) is 0 Å². The zero-order valence-corrected chi connectivity index (χ0v) is 12.1. The molecule has 0 aromatic heterocycles. The summed E-state index contributed by atoms with van der Waals surface area (Å²) >= 11 is 0. The number of carbonyl (C=O) groups excluding carboxylic acids is 2. The monoisotopic (exact) mass is 278 g/mol. The van der Waals surface area contributed by atoms with Crippen molar-refractivity contribution in [2.75, 3.05) is 13.1 Å². The minimum Gasteiger partial charge on any atom is -0.410 e. The number of cyclic esters (lactones) is 1. The molecular formula is C15H22N2O3. The van der Waals surface area contributed by atoms with E-state index in [-0.39, 0.29) is 17.8 Å². The second-order valence-electron chi connectivity index (χ2n) is 6.21. The minimum atomic E-state index is -0.564. The van der Waals surface area contributed by atoms with Crippen LogP contribution in [-0.2, 0) is 14.3 Å². The number of hydrogen-bond acceptors (Lipinski definition) is 4. The molecule has 2 heterocycles. The van der Waals surface area contributed by atoms with Gasteiger partial charge < -0.3 is 9.64 Å². The molecule has 0 bridgehead atoms. The molecule has 3 aliphatic rings. The second-order valence-corrected chi connectivity index (χ2v) is 6.21. The molecule has 1 aliphatic carbocycles. The Morgan fingerprint density at radius 1 is 1.25 bits per heavy atom. The van der Waals surface area contributed by atoms with Gasteiger partial charge in [0.05, 0.1) is 0 Å². The molecule has 5 nitrogen and oxygen atoms in total. The van der Waals surface area contributed by atoms with Gasteiger partial charge in [0.25, 0.3) is 0 Å². The molecule has 2 aliphatic heterocycles. The Balaban J connectivity index is 1.68. The largest absolute Gasteiger partial charge is 0.410 e. The van der Waals surface area contributed by atoms with Crippen LogP contribution < -0.4 is 0 Å². The van der Waals surface area contributed by atoms with Crippen LogP contribution in [0.2, 0.25) is 0 Å². The van der Waals surface area contributed by atoms with Crippen molar-refractivity contribution in [1.82, 2.24) is 4.90 Å². The Morgan fingerprint density at radius 2 is 1.90 bits per heavy atom. The van der Waals surface area contributed by atoms with Crippen LogP contribution in [0.3, 0.4) is 0 Å². The van der Waals surface area contributed by atoms with Crippen LogP contribution in [-0.4, -0.2) is 41.3 Å². The topological polar surface area (TPSA) is 59.0 Å². The molecule has 1 saturated carbocycles. The first-order valence-electron chi connectivity index (χ1n) is 7.68. The molecule has 0 aromatic carbocycles. The van der Waals surface area contributed by atoms with Crippen molar-refractivity contribution in [2.45, 2.75) is 57.4 Å². The summed E-state index contributed by atoms with van der Waals surface area (Å²) in [6.07, 6.45) is 6.69. The van der Waals surface area contributed by atoms with E-state index in [0.29, 0.717) is 5.90 Å². The molecule has 2 fully saturated rings. The number of nitrogens with zero attached hydrogens (tertiary/aromatic N) is 2. The van der Waals surface area contributed by atoms with Gasteiger partial charge in [0.15, 0.2) is 11.4 Å². The third kappa shape index (κ3) is 2.34. The Labute approximate surface area is 119 Å². The van der Waals surface area contributed by atoms with E-state index in [1.54, 1.807) is 6.92 Å². The van der Waals surface area contributed by atoms with E-state index in [4.69, 9.17) is 9.73 Å². The summed E-state index contributed by atoms with van der Waals surface area (Å²) in [7, 11) is 0. The highest BCUT2D eigenvalue weighted by atomic mass is 16.6. The lowest BCUT2D eigenvalue weighted by Gasteiger charge is -2.30. The summed E-state index contributed by atoms with van der Waals surface area (Å²) in [5.41, 5.74) is -0.564. The average Bonchev–Trinajstić information content (AvgIpc) is 2.77. The molecule has 20 heavy (non-hydrogen) atoms. The van der Waals surface area contributed by atoms with Crippen molar-refractivity contribution in [1.29, 1.82) is 0 Å². The van der Waals surface area contributed by atoms with Crippen molar-refractivity contribution in [3.63, 3.8) is 0 Å². The molecular weight excluding hydrogens is 256 g/mol. The van der Waals surface area contributed by atoms with Gasteiger partial charge in [-0.05, 0) is 25.7 Å². The molecule has 1 saturated heterocycles. The van der Waals surface area contributed by atoms with Gasteiger partial charge in [-0.15, -0.1) is 0 Å². The third-order valence-electron chi connectivity index (χ3n) is 4.87. The van der Waals surface area contributed by atoms with Gasteiger partial charge in [-0.3, -0.25) is 4.79 Å². The second kappa shape index (κ2) is 5.19. The molecule has 110 valence electrons. The van der Waals surface area contributed by atoms with Crippen LogP contribution in [0, 0.1) is 5.92 Å². The fourth-order valence-corrected chi connectivity index (χ4v) is 3.54. The summed E-state index contributed by atoms with van der Waals surface area (Å²) in [5, 5.41) is 0. The van der Waals surface area contributed by atoms with Gasteiger partial charge in [0, 0.05) is 25.9 Å². The van der Waals surface area contributed by atoms with Crippen LogP contribution >= 0.6 is 0 Å². The fourth-order valence-electron chi connectivity index (χ4n) is 3.54. The Morgan fingerprint density at radius 3 is 2.50 bits per heavy atom. The number of likely N-dealkylation sites (tertiary alicyclic amines) is 1. The molecule has 0 unspecified atom stereocenters. The Bertz CT molecular complexity index is 444. The van der Waals surface area contributed by atoms with Crippen LogP contribution in [0.25, 0.3) is 0 Å². The maximum absolute atomic E-state index is 12.2. The molecule has 0 aromatic rings. The lowest BCUT2D eigenvalue weighted by Crippen LogP contribution is -2.39. The van der Waals surface area contributed by atoms with Gasteiger partial charge in [0.1, 0.15) is 0 Å². The average molecular weight is 278 g/mol. The van der Waals surface area contributed by atoms with Crippen LogP contribution in [0.1, 0.15) is 51.9 Å². The highest BCUT2D eigenvalue weighted by Crippen LogP contribution is 2.38. The summed E-state index contributed by atoms with van der Waals surface area (Å²) in [4.78, 5) is 30.1. The zero-order chi connectivity index (χ0) is 14.2. The lowest BCUT2D eigenvalue weighted by molar-refractivity contribution is -0.140. The Kier molecular flexibility index (Phi) is 3.52. The summed E-state index contributed by atoms with van der Waals surface area (Å²) in [6, 6.07) is 0. The van der Waals surface area contributed by atoms with Gasteiger partial charge >= 0.3 is 5.97 Å². The molecule has 1 spiro atoms. The third-order valence-corrected chi connectivity index (χ3v) is 4.87. The van der Waals surface area contributed by atoms with Crippen molar-refractivity contribution in [2.24, 2.45) is 10.9 Å². The maximum Gasteiger partial charge on any atom is 0.340 e. The molecule has 0 radical (unpaired) electrons. The normalized spacial score (nSPS) is 26.6. The molecule has 1 amide bonds. The fraction of sp³-hybridized carbons (Fsp3) is 0.800. The van der Waals surface area contributed by atoms with E-state index >= 15 is 0 Å². The van der Waals surface area contributed by atoms with Crippen molar-refractivity contribution < 1.29 is 14.3 Å². The molecule has 0 atom stereocenters. The van der Waals surface area contributed by atoms with E-state index in [1.807, 2.05) is 4.90 Å². The number of aliphatic imine (C=N–C) groups is 1. The SMILES string of the molecule is CC(=O)N1CCC(C2=NC3(CCCCC3)C(=O)O2)CC1. The maximum atomic E-state index is 12.2. The first-order chi connectivity index (χ1) is 9.61. The van der Waals surface area contributed by atoms with E-state index in [0.717, 1.165) is 51.6 Å². The number of ether oxygens (including phenoxy) is 1. The predicted molar refractivity (Wildman–Crippen MR) is 74.3 cm³/mol. The zero-order valence-electron chi connectivity index (χ0n) is 12.1. The van der Waals surface area contributed by atoms with E-state index in [2.05, 4.69) is 0 Å². The lowest BCUT2D eigenvalue weighted by atomic mass is 9.82. The number of rotatable bonds is 1. The molecule has 3 rings (SSSR count). The Hall–Kier alpha value is -1.39. The molecule has 0 N–H and O–H groups in total. The van der Waals surface area contributed by atoms with Crippen LogP contribution in [0.15, 0.2) is 4.99 Å². The summed E-state index contributed by atoms with van der Waals surface area (Å²) in [5.74, 6) is 0.828. The number of amides is 1. The van der Waals surface area contributed by atoms with E-state index in [1.165, 1.54) is 6.42 Å². The first kappa shape index (κ1) is 13.6. The van der Waals surface area contributed by atoms with Crippen molar-refractivity contribution in [3.05, 3.63) is 0 Å². The number of esters is 1.